The second kappa shape index (κ2) is 12.9. The van der Waals surface area contributed by atoms with Crippen molar-refractivity contribution in [2.75, 3.05) is 19.7 Å². The minimum Gasteiger partial charge on any atom is -0.484 e. The van der Waals surface area contributed by atoms with Gasteiger partial charge in [-0.3, -0.25) is 14.4 Å². The van der Waals surface area contributed by atoms with Gasteiger partial charge in [0.15, 0.2) is 6.61 Å². The SMILES string of the molecule is CCNC(=O)COc1cccc(CNC(=O)CNC(=O)[C@@H](N)C(C)C)c1.Cl. The van der Waals surface area contributed by atoms with Gasteiger partial charge in [-0.1, -0.05) is 26.0 Å². The van der Waals surface area contributed by atoms with Gasteiger partial charge < -0.3 is 26.4 Å². The Bertz CT molecular complexity index is 625. The Labute approximate surface area is 166 Å². The van der Waals surface area contributed by atoms with Crippen molar-refractivity contribution in [1.29, 1.82) is 0 Å². The summed E-state index contributed by atoms with van der Waals surface area (Å²) in [4.78, 5) is 34.9. The predicted molar refractivity (Wildman–Crippen MR) is 106 cm³/mol. The van der Waals surface area contributed by atoms with E-state index in [0.717, 1.165) is 5.56 Å². The summed E-state index contributed by atoms with van der Waals surface area (Å²) in [6, 6.07) is 6.44. The molecule has 0 radical (unpaired) electrons. The number of nitrogens with two attached hydrogens (primary N) is 1. The number of nitrogens with one attached hydrogen (secondary N) is 3. The van der Waals surface area contributed by atoms with Gasteiger partial charge in [-0.15, -0.1) is 12.4 Å². The quantitative estimate of drug-likeness (QED) is 0.451. The Morgan fingerprint density at radius 2 is 1.81 bits per heavy atom. The van der Waals surface area contributed by atoms with E-state index in [2.05, 4.69) is 16.0 Å². The fourth-order valence-corrected chi connectivity index (χ4v) is 1.99. The molecule has 1 atom stereocenters. The molecule has 9 heteroatoms. The number of carbonyl (C=O) groups excluding carboxylic acids is 3. The molecule has 0 saturated heterocycles. The third-order valence-electron chi connectivity index (χ3n) is 3.58. The smallest absolute Gasteiger partial charge is 0.257 e. The predicted octanol–water partition coefficient (Wildman–Crippen LogP) is 0.339. The molecular weight excluding hydrogens is 372 g/mol. The van der Waals surface area contributed by atoms with Crippen LogP contribution < -0.4 is 26.4 Å². The van der Waals surface area contributed by atoms with E-state index in [1.807, 2.05) is 26.8 Å². The largest absolute Gasteiger partial charge is 0.484 e. The molecule has 152 valence electrons. The van der Waals surface area contributed by atoms with E-state index in [4.69, 9.17) is 10.5 Å². The third-order valence-corrected chi connectivity index (χ3v) is 3.58. The van der Waals surface area contributed by atoms with Crippen molar-refractivity contribution in [3.8, 4) is 5.75 Å². The van der Waals surface area contributed by atoms with E-state index in [-0.39, 0.29) is 55.7 Å². The van der Waals surface area contributed by atoms with Gasteiger partial charge in [0, 0.05) is 13.1 Å². The second-order valence-corrected chi connectivity index (χ2v) is 6.15. The summed E-state index contributed by atoms with van der Waals surface area (Å²) in [7, 11) is 0. The van der Waals surface area contributed by atoms with Gasteiger partial charge in [0.1, 0.15) is 5.75 Å². The standard InChI is InChI=1S/C18H28N4O4.ClH/c1-4-20-16(24)11-26-14-7-5-6-13(8-14)9-21-15(23)10-22-18(25)17(19)12(2)3;/h5-8,12,17H,4,9-11,19H2,1-3H3,(H,20,24)(H,21,23)(H,22,25);1H/t17-;/m0./s1. The van der Waals surface area contributed by atoms with Crippen LogP contribution in [0, 0.1) is 5.92 Å². The molecule has 0 aliphatic carbocycles. The topological polar surface area (TPSA) is 123 Å². The van der Waals surface area contributed by atoms with E-state index < -0.39 is 6.04 Å². The highest BCUT2D eigenvalue weighted by Gasteiger charge is 2.17. The highest BCUT2D eigenvalue weighted by molar-refractivity contribution is 5.87. The highest BCUT2D eigenvalue weighted by atomic mass is 35.5. The molecule has 0 aliphatic rings. The Morgan fingerprint density at radius 3 is 2.44 bits per heavy atom. The van der Waals surface area contributed by atoms with Crippen LogP contribution in [0.15, 0.2) is 24.3 Å². The number of likely N-dealkylation sites (N-methyl/N-ethyl adjacent to an activating group) is 1. The van der Waals surface area contributed by atoms with Gasteiger partial charge in [-0.05, 0) is 30.5 Å². The molecule has 5 N–H and O–H groups in total. The van der Waals surface area contributed by atoms with Crippen LogP contribution in [0.4, 0.5) is 0 Å². The van der Waals surface area contributed by atoms with Gasteiger partial charge in [0.25, 0.3) is 5.91 Å². The Morgan fingerprint density at radius 1 is 1.11 bits per heavy atom. The van der Waals surface area contributed by atoms with Gasteiger partial charge in [0.05, 0.1) is 12.6 Å². The van der Waals surface area contributed by atoms with E-state index in [1.54, 1.807) is 18.2 Å². The molecule has 0 bridgehead atoms. The van der Waals surface area contributed by atoms with E-state index in [0.29, 0.717) is 12.3 Å². The first-order valence-electron chi connectivity index (χ1n) is 8.62. The lowest BCUT2D eigenvalue weighted by molar-refractivity contribution is -0.127. The molecule has 0 unspecified atom stereocenters. The molecule has 3 amide bonds. The fourth-order valence-electron chi connectivity index (χ4n) is 1.99. The average Bonchev–Trinajstić information content (AvgIpc) is 2.62. The van der Waals surface area contributed by atoms with Gasteiger partial charge in [-0.25, -0.2) is 0 Å². The van der Waals surface area contributed by atoms with Crippen molar-refractivity contribution in [3.05, 3.63) is 29.8 Å². The number of amides is 3. The van der Waals surface area contributed by atoms with Gasteiger partial charge >= 0.3 is 0 Å². The van der Waals surface area contributed by atoms with Gasteiger partial charge in [-0.2, -0.15) is 0 Å². The van der Waals surface area contributed by atoms with E-state index in [9.17, 15) is 14.4 Å². The first-order chi connectivity index (χ1) is 12.3. The van der Waals surface area contributed by atoms with Crippen LogP contribution >= 0.6 is 12.4 Å². The monoisotopic (exact) mass is 400 g/mol. The molecule has 1 aromatic rings. The van der Waals surface area contributed by atoms with Crippen molar-refractivity contribution in [2.24, 2.45) is 11.7 Å². The van der Waals surface area contributed by atoms with Crippen LogP contribution in [0.3, 0.4) is 0 Å². The maximum absolute atomic E-state index is 11.8. The molecule has 0 saturated carbocycles. The highest BCUT2D eigenvalue weighted by Crippen LogP contribution is 2.13. The summed E-state index contributed by atoms with van der Waals surface area (Å²) in [5, 5.41) is 7.86. The van der Waals surface area contributed by atoms with Crippen molar-refractivity contribution in [2.45, 2.75) is 33.4 Å². The summed E-state index contributed by atoms with van der Waals surface area (Å²) < 4.78 is 5.40. The summed E-state index contributed by atoms with van der Waals surface area (Å²) >= 11 is 0. The van der Waals surface area contributed by atoms with Crippen LogP contribution in [0.5, 0.6) is 5.75 Å². The van der Waals surface area contributed by atoms with E-state index >= 15 is 0 Å². The summed E-state index contributed by atoms with van der Waals surface area (Å²) in [6.45, 7) is 6.14. The second-order valence-electron chi connectivity index (χ2n) is 6.15. The minimum atomic E-state index is -0.637. The zero-order chi connectivity index (χ0) is 19.5. The molecule has 8 nitrogen and oxygen atoms in total. The van der Waals surface area contributed by atoms with Gasteiger partial charge in [0.2, 0.25) is 11.8 Å². The number of rotatable bonds is 10. The van der Waals surface area contributed by atoms with E-state index in [1.165, 1.54) is 0 Å². The molecule has 0 aromatic heterocycles. The fraction of sp³-hybridized carbons (Fsp3) is 0.500. The number of benzene rings is 1. The summed E-state index contributed by atoms with van der Waals surface area (Å²) in [5.74, 6) is -0.320. The third kappa shape index (κ3) is 9.81. The van der Waals surface area contributed by atoms with Crippen LogP contribution in [-0.2, 0) is 20.9 Å². The van der Waals surface area contributed by atoms with Crippen LogP contribution in [0.25, 0.3) is 0 Å². The molecular formula is C18H29ClN4O4. The molecule has 1 rings (SSSR count). The minimum absolute atomic E-state index is 0. The zero-order valence-electron chi connectivity index (χ0n) is 15.9. The Kier molecular flexibility index (Phi) is 11.8. The maximum Gasteiger partial charge on any atom is 0.257 e. The number of hydrogen-bond acceptors (Lipinski definition) is 5. The molecule has 1 aromatic carbocycles. The average molecular weight is 401 g/mol. The molecule has 27 heavy (non-hydrogen) atoms. The Balaban J connectivity index is 0.00000676. The summed E-state index contributed by atoms with van der Waals surface area (Å²) in [5.41, 5.74) is 6.53. The molecule has 0 aliphatic heterocycles. The molecule has 0 heterocycles. The van der Waals surface area contributed by atoms with Crippen molar-refractivity contribution >= 4 is 30.1 Å². The number of halogens is 1. The molecule has 0 spiro atoms. The number of ether oxygens (including phenoxy) is 1. The summed E-state index contributed by atoms with van der Waals surface area (Å²) in [6.07, 6.45) is 0. The lowest BCUT2D eigenvalue weighted by Gasteiger charge is -2.15. The first kappa shape index (κ1) is 24.7. The number of hydrogen-bond donors (Lipinski definition) is 4. The van der Waals surface area contributed by atoms with Crippen LogP contribution in [0.2, 0.25) is 0 Å². The first-order valence-corrected chi connectivity index (χ1v) is 8.62. The van der Waals surface area contributed by atoms with Crippen molar-refractivity contribution in [1.82, 2.24) is 16.0 Å². The van der Waals surface area contributed by atoms with Crippen molar-refractivity contribution < 1.29 is 19.1 Å². The molecule has 0 fully saturated rings. The van der Waals surface area contributed by atoms with Crippen LogP contribution in [-0.4, -0.2) is 43.5 Å². The lowest BCUT2D eigenvalue weighted by atomic mass is 10.1. The lowest BCUT2D eigenvalue weighted by Crippen LogP contribution is -2.47. The Hall–Kier alpha value is -2.32. The zero-order valence-corrected chi connectivity index (χ0v) is 16.7. The normalized spacial score (nSPS) is 11.1. The van der Waals surface area contributed by atoms with Crippen LogP contribution in [0.1, 0.15) is 26.3 Å². The maximum atomic E-state index is 11.8. The van der Waals surface area contributed by atoms with Crippen molar-refractivity contribution in [3.63, 3.8) is 0 Å². The number of carbonyl (C=O) groups is 3.